The summed E-state index contributed by atoms with van der Waals surface area (Å²) >= 11 is 0. The van der Waals surface area contributed by atoms with Crippen LogP contribution in [0.1, 0.15) is 18.5 Å². The van der Waals surface area contributed by atoms with Gasteiger partial charge in [-0.3, -0.25) is 4.90 Å². The SMILES string of the molecule is COc1ccccc1-c1ccc(-c2ccc([C@H](C)N3CCOCC3)cc2)nn1. The van der Waals surface area contributed by atoms with Crippen LogP contribution in [0.5, 0.6) is 5.75 Å². The van der Waals surface area contributed by atoms with Gasteiger partial charge in [0.15, 0.2) is 0 Å². The minimum Gasteiger partial charge on any atom is -0.496 e. The molecule has 0 radical (unpaired) electrons. The summed E-state index contributed by atoms with van der Waals surface area (Å²) in [7, 11) is 1.67. The molecule has 1 fully saturated rings. The lowest BCUT2D eigenvalue weighted by Gasteiger charge is -2.32. The molecule has 3 aromatic rings. The molecule has 2 aromatic carbocycles. The maximum atomic E-state index is 5.45. The smallest absolute Gasteiger partial charge is 0.128 e. The van der Waals surface area contributed by atoms with Gasteiger partial charge in [0.05, 0.1) is 31.7 Å². The Kier molecular flexibility index (Phi) is 5.65. The highest BCUT2D eigenvalue weighted by molar-refractivity contribution is 5.68. The van der Waals surface area contributed by atoms with Crippen LogP contribution in [0, 0.1) is 0 Å². The van der Waals surface area contributed by atoms with Crippen molar-refractivity contribution in [1.29, 1.82) is 0 Å². The Morgan fingerprint density at radius 2 is 1.57 bits per heavy atom. The standard InChI is InChI=1S/C23H25N3O2/c1-17(26-13-15-28-16-14-26)18-7-9-19(10-8-18)21-11-12-22(25-24-21)20-5-3-4-6-23(20)27-2/h3-12,17H,13-16H2,1-2H3/t17-/m0/s1. The van der Waals surface area contributed by atoms with Gasteiger partial charge in [-0.2, -0.15) is 0 Å². The van der Waals surface area contributed by atoms with Crippen LogP contribution in [0.3, 0.4) is 0 Å². The van der Waals surface area contributed by atoms with Gasteiger partial charge in [0.1, 0.15) is 5.75 Å². The first-order chi connectivity index (χ1) is 13.8. The molecule has 144 valence electrons. The van der Waals surface area contributed by atoms with Crippen LogP contribution in [0.2, 0.25) is 0 Å². The first kappa shape index (κ1) is 18.6. The van der Waals surface area contributed by atoms with Crippen LogP contribution >= 0.6 is 0 Å². The number of para-hydroxylation sites is 1. The first-order valence-corrected chi connectivity index (χ1v) is 9.65. The Hall–Kier alpha value is -2.76. The van der Waals surface area contributed by atoms with Crippen molar-refractivity contribution in [2.24, 2.45) is 0 Å². The van der Waals surface area contributed by atoms with E-state index in [4.69, 9.17) is 9.47 Å². The minimum absolute atomic E-state index is 0.386. The molecule has 1 aromatic heterocycles. The Bertz CT molecular complexity index is 904. The Balaban J connectivity index is 1.51. The lowest BCUT2D eigenvalue weighted by molar-refractivity contribution is 0.0198. The van der Waals surface area contributed by atoms with E-state index in [9.17, 15) is 0 Å². The van der Waals surface area contributed by atoms with E-state index in [1.807, 2.05) is 36.4 Å². The third kappa shape index (κ3) is 3.91. The first-order valence-electron chi connectivity index (χ1n) is 9.65. The fraction of sp³-hybridized carbons (Fsp3) is 0.304. The van der Waals surface area contributed by atoms with E-state index in [0.717, 1.165) is 54.6 Å². The van der Waals surface area contributed by atoms with Crippen molar-refractivity contribution in [3.05, 3.63) is 66.2 Å². The highest BCUT2D eigenvalue weighted by Crippen LogP contribution is 2.29. The molecule has 1 saturated heterocycles. The summed E-state index contributed by atoms with van der Waals surface area (Å²) in [5.74, 6) is 0.797. The van der Waals surface area contributed by atoms with E-state index in [1.54, 1.807) is 7.11 Å². The van der Waals surface area contributed by atoms with Crippen molar-refractivity contribution in [1.82, 2.24) is 15.1 Å². The second kappa shape index (κ2) is 8.50. The van der Waals surface area contributed by atoms with Gasteiger partial charge in [0, 0.05) is 30.3 Å². The molecule has 4 rings (SSSR count). The molecule has 2 heterocycles. The summed E-state index contributed by atoms with van der Waals surface area (Å²) in [6.07, 6.45) is 0. The zero-order valence-electron chi connectivity index (χ0n) is 16.3. The topological polar surface area (TPSA) is 47.5 Å². The number of ether oxygens (including phenoxy) is 2. The molecule has 5 heteroatoms. The largest absolute Gasteiger partial charge is 0.496 e. The summed E-state index contributed by atoms with van der Waals surface area (Å²) in [5.41, 5.74) is 4.99. The lowest BCUT2D eigenvalue weighted by atomic mass is 10.0. The van der Waals surface area contributed by atoms with Crippen LogP contribution in [0.4, 0.5) is 0 Å². The number of morpholine rings is 1. The maximum absolute atomic E-state index is 5.45. The van der Waals surface area contributed by atoms with Crippen LogP contribution < -0.4 is 4.74 Å². The van der Waals surface area contributed by atoms with Crippen LogP contribution in [0.25, 0.3) is 22.5 Å². The van der Waals surface area contributed by atoms with E-state index in [2.05, 4.69) is 46.3 Å². The number of aromatic nitrogens is 2. The number of benzene rings is 2. The average molecular weight is 375 g/mol. The van der Waals surface area contributed by atoms with E-state index in [1.165, 1.54) is 5.56 Å². The van der Waals surface area contributed by atoms with Gasteiger partial charge in [0.2, 0.25) is 0 Å². The predicted molar refractivity (Wildman–Crippen MR) is 110 cm³/mol. The molecular weight excluding hydrogens is 350 g/mol. The van der Waals surface area contributed by atoms with E-state index in [-0.39, 0.29) is 0 Å². The fourth-order valence-electron chi connectivity index (χ4n) is 3.59. The van der Waals surface area contributed by atoms with E-state index >= 15 is 0 Å². The van der Waals surface area contributed by atoms with Crippen LogP contribution in [-0.2, 0) is 4.74 Å². The number of nitrogens with zero attached hydrogens (tertiary/aromatic N) is 3. The van der Waals surface area contributed by atoms with Gasteiger partial charge in [0.25, 0.3) is 0 Å². The van der Waals surface area contributed by atoms with Gasteiger partial charge in [-0.05, 0) is 36.8 Å². The fourth-order valence-corrected chi connectivity index (χ4v) is 3.59. The van der Waals surface area contributed by atoms with Crippen molar-refractivity contribution in [3.8, 4) is 28.3 Å². The molecule has 0 bridgehead atoms. The minimum atomic E-state index is 0.386. The van der Waals surface area contributed by atoms with Crippen molar-refractivity contribution < 1.29 is 9.47 Å². The molecular formula is C23H25N3O2. The molecule has 0 amide bonds. The van der Waals surface area contributed by atoms with Gasteiger partial charge in [-0.15, -0.1) is 10.2 Å². The molecule has 1 aliphatic rings. The summed E-state index contributed by atoms with van der Waals surface area (Å²) in [4.78, 5) is 2.46. The number of methoxy groups -OCH3 is 1. The predicted octanol–water partition coefficient (Wildman–Crippen LogP) is 4.21. The average Bonchev–Trinajstić information content (AvgIpc) is 2.79. The Labute approximate surface area is 165 Å². The molecule has 0 aliphatic carbocycles. The molecule has 5 nitrogen and oxygen atoms in total. The van der Waals surface area contributed by atoms with Gasteiger partial charge in [-0.1, -0.05) is 36.4 Å². The molecule has 0 spiro atoms. The monoisotopic (exact) mass is 375 g/mol. The summed E-state index contributed by atoms with van der Waals surface area (Å²) in [5, 5.41) is 8.85. The maximum Gasteiger partial charge on any atom is 0.128 e. The van der Waals surface area contributed by atoms with Crippen LogP contribution in [0.15, 0.2) is 60.7 Å². The summed E-state index contributed by atoms with van der Waals surface area (Å²) < 4.78 is 10.9. The molecule has 0 saturated carbocycles. The molecule has 0 N–H and O–H groups in total. The Morgan fingerprint density at radius 3 is 2.25 bits per heavy atom. The second-order valence-corrected chi connectivity index (χ2v) is 6.95. The molecule has 0 unspecified atom stereocenters. The second-order valence-electron chi connectivity index (χ2n) is 6.95. The van der Waals surface area contributed by atoms with Gasteiger partial charge in [-0.25, -0.2) is 0 Å². The number of hydrogen-bond donors (Lipinski definition) is 0. The Morgan fingerprint density at radius 1 is 0.893 bits per heavy atom. The number of hydrogen-bond acceptors (Lipinski definition) is 5. The zero-order valence-corrected chi connectivity index (χ0v) is 16.3. The normalized spacial score (nSPS) is 15.9. The van der Waals surface area contributed by atoms with Crippen molar-refractivity contribution >= 4 is 0 Å². The van der Waals surface area contributed by atoms with Crippen molar-refractivity contribution in [2.45, 2.75) is 13.0 Å². The quantitative estimate of drug-likeness (QED) is 0.668. The zero-order chi connectivity index (χ0) is 19.3. The number of rotatable bonds is 5. The van der Waals surface area contributed by atoms with Gasteiger partial charge >= 0.3 is 0 Å². The van der Waals surface area contributed by atoms with Crippen molar-refractivity contribution in [2.75, 3.05) is 33.4 Å². The highest BCUT2D eigenvalue weighted by Gasteiger charge is 2.18. The highest BCUT2D eigenvalue weighted by atomic mass is 16.5. The third-order valence-corrected chi connectivity index (χ3v) is 5.33. The van der Waals surface area contributed by atoms with E-state index in [0.29, 0.717) is 6.04 Å². The van der Waals surface area contributed by atoms with Gasteiger partial charge < -0.3 is 9.47 Å². The summed E-state index contributed by atoms with van der Waals surface area (Å²) in [6, 6.07) is 20.8. The molecule has 1 atom stereocenters. The van der Waals surface area contributed by atoms with E-state index < -0.39 is 0 Å². The lowest BCUT2D eigenvalue weighted by Crippen LogP contribution is -2.37. The van der Waals surface area contributed by atoms with Crippen molar-refractivity contribution in [3.63, 3.8) is 0 Å². The summed E-state index contributed by atoms with van der Waals surface area (Å²) in [6.45, 7) is 5.85. The molecule has 1 aliphatic heterocycles. The van der Waals surface area contributed by atoms with Crippen LogP contribution in [-0.4, -0.2) is 48.5 Å². The third-order valence-electron chi connectivity index (χ3n) is 5.33. The molecule has 28 heavy (non-hydrogen) atoms.